The van der Waals surface area contributed by atoms with Crippen LogP contribution in [0.15, 0.2) is 93.3 Å². The van der Waals surface area contributed by atoms with Gasteiger partial charge < -0.3 is 5.11 Å². The van der Waals surface area contributed by atoms with Gasteiger partial charge in [-0.15, -0.1) is 5.11 Å². The van der Waals surface area contributed by atoms with Crippen LogP contribution in [0.25, 0.3) is 10.8 Å². The molecule has 37 heavy (non-hydrogen) atoms. The lowest BCUT2D eigenvalue weighted by molar-refractivity contribution is 0.476. The second-order valence-corrected chi connectivity index (χ2v) is 10.1. The summed E-state index contributed by atoms with van der Waals surface area (Å²) in [5.74, 6) is 0.915. The van der Waals surface area contributed by atoms with Gasteiger partial charge in [-0.1, -0.05) is 75.6 Å². The minimum absolute atomic E-state index is 0.168. The van der Waals surface area contributed by atoms with Crippen LogP contribution in [0.2, 0.25) is 0 Å². The molecule has 0 saturated heterocycles. The maximum atomic E-state index is 10.9. The van der Waals surface area contributed by atoms with Crippen molar-refractivity contribution in [2.45, 2.75) is 59.8 Å². The number of unbranched alkanes of at least 4 members (excludes halogenated alkanes) is 2. The van der Waals surface area contributed by atoms with E-state index in [1.807, 2.05) is 80.6 Å². The van der Waals surface area contributed by atoms with E-state index in [-0.39, 0.29) is 5.75 Å². The predicted octanol–water partition coefficient (Wildman–Crippen LogP) is 10.8. The van der Waals surface area contributed by atoms with Gasteiger partial charge in [0.15, 0.2) is 0 Å². The van der Waals surface area contributed by atoms with E-state index in [1.165, 1.54) is 19.3 Å². The number of azo groups is 2. The van der Waals surface area contributed by atoms with E-state index in [4.69, 9.17) is 0 Å². The first kappa shape index (κ1) is 26.2. The minimum Gasteiger partial charge on any atom is -0.506 e. The molecule has 190 valence electrons. The Balaban J connectivity index is 1.53. The maximum absolute atomic E-state index is 10.9. The van der Waals surface area contributed by atoms with Crippen molar-refractivity contribution in [1.29, 1.82) is 0 Å². The van der Waals surface area contributed by atoms with Crippen LogP contribution in [-0.4, -0.2) is 5.11 Å². The summed E-state index contributed by atoms with van der Waals surface area (Å²) in [5, 5.41) is 30.7. The first-order chi connectivity index (χ1) is 17.9. The van der Waals surface area contributed by atoms with Gasteiger partial charge in [-0.25, -0.2) is 0 Å². The Bertz CT molecular complexity index is 1420. The third-order valence-corrected chi connectivity index (χ3v) is 6.64. The lowest BCUT2D eigenvalue weighted by Gasteiger charge is -2.11. The molecule has 5 nitrogen and oxygen atoms in total. The van der Waals surface area contributed by atoms with Gasteiger partial charge in [-0.2, -0.15) is 15.3 Å². The predicted molar refractivity (Wildman–Crippen MR) is 153 cm³/mol. The van der Waals surface area contributed by atoms with E-state index >= 15 is 0 Å². The number of phenolic OH excluding ortho intramolecular Hbond substituents is 1. The van der Waals surface area contributed by atoms with Gasteiger partial charge in [0, 0.05) is 5.39 Å². The van der Waals surface area contributed by atoms with Crippen LogP contribution >= 0.6 is 0 Å². The van der Waals surface area contributed by atoms with E-state index < -0.39 is 0 Å². The largest absolute Gasteiger partial charge is 0.506 e. The maximum Gasteiger partial charge on any atom is 0.144 e. The van der Waals surface area contributed by atoms with Crippen LogP contribution in [0.1, 0.15) is 56.2 Å². The molecule has 1 N–H and O–H groups in total. The monoisotopic (exact) mass is 492 g/mol. The highest BCUT2D eigenvalue weighted by molar-refractivity contribution is 5.97. The summed E-state index contributed by atoms with van der Waals surface area (Å²) in [5.41, 5.74) is 6.02. The van der Waals surface area contributed by atoms with E-state index in [1.54, 1.807) is 0 Å². The number of fused-ring (bicyclic) bond motifs is 1. The quantitative estimate of drug-likeness (QED) is 0.173. The zero-order chi connectivity index (χ0) is 26.2. The lowest BCUT2D eigenvalue weighted by Crippen LogP contribution is -1.91. The van der Waals surface area contributed by atoms with Crippen LogP contribution < -0.4 is 0 Å². The first-order valence-corrected chi connectivity index (χ1v) is 13.2. The molecule has 4 aromatic rings. The summed E-state index contributed by atoms with van der Waals surface area (Å²) in [4.78, 5) is 0. The third-order valence-electron chi connectivity index (χ3n) is 6.64. The molecular weight excluding hydrogens is 456 g/mol. The van der Waals surface area contributed by atoms with Crippen molar-refractivity contribution in [3.8, 4) is 5.75 Å². The molecule has 0 heterocycles. The van der Waals surface area contributed by atoms with Gasteiger partial charge in [0.1, 0.15) is 11.4 Å². The number of nitrogens with zero attached hydrogens (tertiary/aromatic N) is 4. The normalized spacial score (nSPS) is 11.9. The molecule has 0 radical (unpaired) electrons. The second-order valence-electron chi connectivity index (χ2n) is 10.1. The molecule has 0 fully saturated rings. The number of hydrogen-bond donors (Lipinski definition) is 1. The van der Waals surface area contributed by atoms with Crippen molar-refractivity contribution in [3.05, 3.63) is 89.5 Å². The highest BCUT2D eigenvalue weighted by Crippen LogP contribution is 2.39. The fourth-order valence-corrected chi connectivity index (χ4v) is 4.48. The fourth-order valence-electron chi connectivity index (χ4n) is 4.48. The van der Waals surface area contributed by atoms with Crippen LogP contribution in [0, 0.1) is 19.8 Å². The topological polar surface area (TPSA) is 69.7 Å². The number of hydrogen-bond acceptors (Lipinski definition) is 5. The van der Waals surface area contributed by atoms with Gasteiger partial charge in [-0.05, 0) is 85.0 Å². The number of rotatable bonds is 10. The number of benzene rings is 4. The van der Waals surface area contributed by atoms with Gasteiger partial charge >= 0.3 is 0 Å². The molecule has 0 unspecified atom stereocenters. The molecule has 0 aliphatic carbocycles. The van der Waals surface area contributed by atoms with Gasteiger partial charge in [0.25, 0.3) is 0 Å². The zero-order valence-electron chi connectivity index (χ0n) is 22.3. The Hall–Kier alpha value is -3.86. The van der Waals surface area contributed by atoms with Crippen molar-refractivity contribution < 1.29 is 5.11 Å². The minimum atomic E-state index is 0.168. The summed E-state index contributed by atoms with van der Waals surface area (Å²) in [6.07, 6.45) is 5.78. The van der Waals surface area contributed by atoms with Crippen LogP contribution in [0.3, 0.4) is 0 Å². The molecule has 4 aromatic carbocycles. The summed E-state index contributed by atoms with van der Waals surface area (Å²) in [6.45, 7) is 8.53. The first-order valence-electron chi connectivity index (χ1n) is 13.2. The van der Waals surface area contributed by atoms with E-state index in [0.717, 1.165) is 63.3 Å². The Morgan fingerprint density at radius 3 is 2.14 bits per heavy atom. The van der Waals surface area contributed by atoms with Crippen molar-refractivity contribution in [1.82, 2.24) is 0 Å². The molecule has 0 spiro atoms. The summed E-state index contributed by atoms with van der Waals surface area (Å²) in [6, 6.07) is 23.6. The smallest absolute Gasteiger partial charge is 0.144 e. The number of aromatic hydroxyl groups is 1. The van der Waals surface area contributed by atoms with Gasteiger partial charge in [0.05, 0.1) is 17.1 Å². The molecule has 0 atom stereocenters. The Labute approximate surface area is 220 Å². The summed E-state index contributed by atoms with van der Waals surface area (Å²) < 4.78 is 0. The average Bonchev–Trinajstić information content (AvgIpc) is 2.88. The zero-order valence-corrected chi connectivity index (χ0v) is 22.3. The van der Waals surface area contributed by atoms with E-state index in [9.17, 15) is 5.11 Å². The molecule has 5 heteroatoms. The van der Waals surface area contributed by atoms with E-state index in [2.05, 4.69) is 40.4 Å². The van der Waals surface area contributed by atoms with Crippen molar-refractivity contribution in [3.63, 3.8) is 0 Å². The fraction of sp³-hybridized carbons (Fsp3) is 0.312. The highest BCUT2D eigenvalue weighted by atomic mass is 16.3. The molecular formula is C32H36N4O. The molecule has 0 saturated carbocycles. The molecule has 0 aliphatic heterocycles. The molecule has 0 amide bonds. The number of phenols is 1. The second kappa shape index (κ2) is 12.4. The molecule has 0 aromatic heterocycles. The van der Waals surface area contributed by atoms with Crippen molar-refractivity contribution >= 4 is 33.5 Å². The Kier molecular flexibility index (Phi) is 8.78. The number of aryl methyl sites for hydroxylation is 3. The van der Waals surface area contributed by atoms with Gasteiger partial charge in [-0.3, -0.25) is 0 Å². The summed E-state index contributed by atoms with van der Waals surface area (Å²) in [7, 11) is 0. The standard InChI is InChI=1S/C32H36N4O/c1-22(2)12-6-5-7-14-25-21-31(37)32(28-16-10-9-15-27(25)28)36-35-30-19-18-26(20-24(30)4)33-34-29-17-11-8-13-23(29)3/h8-11,13,15-22,37H,5-7,12,14H2,1-4H3/b34-33+,36-35+. The Morgan fingerprint density at radius 1 is 0.676 bits per heavy atom. The highest BCUT2D eigenvalue weighted by Gasteiger charge is 2.12. The van der Waals surface area contributed by atoms with Gasteiger partial charge in [0.2, 0.25) is 0 Å². The molecule has 0 aliphatic rings. The van der Waals surface area contributed by atoms with Crippen LogP contribution in [0.5, 0.6) is 5.75 Å². The molecule has 4 rings (SSSR count). The average molecular weight is 493 g/mol. The van der Waals surface area contributed by atoms with Crippen molar-refractivity contribution in [2.24, 2.45) is 26.4 Å². The molecule has 0 bridgehead atoms. The Morgan fingerprint density at radius 2 is 1.38 bits per heavy atom. The van der Waals surface area contributed by atoms with Crippen LogP contribution in [0.4, 0.5) is 22.7 Å². The van der Waals surface area contributed by atoms with Crippen molar-refractivity contribution in [2.75, 3.05) is 0 Å². The van der Waals surface area contributed by atoms with E-state index in [0.29, 0.717) is 5.69 Å². The lowest BCUT2D eigenvalue weighted by atomic mass is 9.97. The van der Waals surface area contributed by atoms with Crippen LogP contribution in [-0.2, 0) is 6.42 Å². The summed E-state index contributed by atoms with van der Waals surface area (Å²) >= 11 is 0. The SMILES string of the molecule is Cc1ccccc1/N=N/c1ccc(/N=N/c2c(O)cc(CCCCCC(C)C)c3ccccc23)c(C)c1. The third kappa shape index (κ3) is 6.88.